The molecule has 43 heavy (non-hydrogen) atoms. The van der Waals surface area contributed by atoms with Gasteiger partial charge < -0.3 is 5.11 Å². The lowest BCUT2D eigenvalue weighted by molar-refractivity contribution is -0.129. The number of para-hydroxylation sites is 1. The Kier molecular flexibility index (Phi) is 7.63. The number of aromatic nitrogens is 3. The first-order valence-electron chi connectivity index (χ1n) is 16.9. The van der Waals surface area contributed by atoms with Gasteiger partial charge in [-0.1, -0.05) is 84.0 Å². The SMILES string of the molecule is CC(C)[C@@H](C)/C=C/[C@@H](C)C1CC[C@H]2[C@@]3(n4c(=O)n(-c5ccccc5)c(=O)n4C)C=CC4C[C@@H](O)CC[C@]4(C)[C@H]3CC[C@]12C. The summed E-state index contributed by atoms with van der Waals surface area (Å²) < 4.78 is 4.89. The van der Waals surface area contributed by atoms with Gasteiger partial charge in [0, 0.05) is 7.05 Å². The van der Waals surface area contributed by atoms with Crippen LogP contribution in [0.5, 0.6) is 0 Å². The normalized spacial score (nSPS) is 38.6. The Morgan fingerprint density at radius 2 is 1.56 bits per heavy atom. The molecule has 234 valence electrons. The minimum Gasteiger partial charge on any atom is -0.393 e. The van der Waals surface area contributed by atoms with E-state index in [1.165, 1.54) is 4.57 Å². The largest absolute Gasteiger partial charge is 0.393 e. The van der Waals surface area contributed by atoms with Crippen LogP contribution in [-0.2, 0) is 12.6 Å². The van der Waals surface area contributed by atoms with Crippen LogP contribution in [0, 0.1) is 52.3 Å². The van der Waals surface area contributed by atoms with Gasteiger partial charge in [-0.05, 0) is 109 Å². The second kappa shape index (κ2) is 10.8. The van der Waals surface area contributed by atoms with E-state index >= 15 is 0 Å². The third-order valence-corrected chi connectivity index (χ3v) is 13.2. The smallest absolute Gasteiger partial charge is 0.352 e. The maximum absolute atomic E-state index is 14.6. The Bertz CT molecular complexity index is 1510. The predicted octanol–water partition coefficient (Wildman–Crippen LogP) is 6.70. The molecule has 3 fully saturated rings. The summed E-state index contributed by atoms with van der Waals surface area (Å²) in [6.45, 7) is 14.2. The average Bonchev–Trinajstić information content (AvgIpc) is 3.45. The summed E-state index contributed by atoms with van der Waals surface area (Å²) in [7, 11) is 1.79. The Labute approximate surface area is 257 Å². The number of hydrogen-bond acceptors (Lipinski definition) is 3. The fourth-order valence-electron chi connectivity index (χ4n) is 10.4. The van der Waals surface area contributed by atoms with Crippen LogP contribution in [0.25, 0.3) is 5.69 Å². The summed E-state index contributed by atoms with van der Waals surface area (Å²) in [5.41, 5.74) is -0.522. The summed E-state index contributed by atoms with van der Waals surface area (Å²) in [6.07, 6.45) is 16.1. The van der Waals surface area contributed by atoms with Crippen molar-refractivity contribution in [3.8, 4) is 5.69 Å². The minimum absolute atomic E-state index is 0.0351. The van der Waals surface area contributed by atoms with Crippen molar-refractivity contribution in [3.63, 3.8) is 0 Å². The molecule has 6 rings (SSSR count). The highest BCUT2D eigenvalue weighted by atomic mass is 16.3. The molecule has 0 amide bonds. The first kappa shape index (κ1) is 30.4. The van der Waals surface area contributed by atoms with Crippen molar-refractivity contribution in [3.05, 3.63) is 75.6 Å². The van der Waals surface area contributed by atoms with E-state index in [4.69, 9.17) is 0 Å². The van der Waals surface area contributed by atoms with Gasteiger partial charge in [0.05, 0.1) is 17.3 Å². The fourth-order valence-corrected chi connectivity index (χ4v) is 10.4. The lowest BCUT2D eigenvalue weighted by Crippen LogP contribution is -2.65. The zero-order valence-corrected chi connectivity index (χ0v) is 27.4. The maximum Gasteiger partial charge on any atom is 0.352 e. The first-order valence-corrected chi connectivity index (χ1v) is 16.9. The summed E-state index contributed by atoms with van der Waals surface area (Å²) in [4.78, 5) is 28.6. The van der Waals surface area contributed by atoms with Gasteiger partial charge in [-0.3, -0.25) is 0 Å². The highest BCUT2D eigenvalue weighted by molar-refractivity contribution is 5.32. The highest BCUT2D eigenvalue weighted by Gasteiger charge is 2.67. The number of benzene rings is 1. The Morgan fingerprint density at radius 3 is 2.26 bits per heavy atom. The maximum atomic E-state index is 14.6. The molecular formula is C37H53N3O3. The van der Waals surface area contributed by atoms with Crippen LogP contribution >= 0.6 is 0 Å². The van der Waals surface area contributed by atoms with Crippen molar-refractivity contribution in [1.29, 1.82) is 0 Å². The van der Waals surface area contributed by atoms with E-state index in [9.17, 15) is 14.7 Å². The Hall–Kier alpha value is -2.60. The van der Waals surface area contributed by atoms with E-state index in [1.807, 2.05) is 35.0 Å². The number of nitrogens with zero attached hydrogens (tertiary/aromatic N) is 3. The summed E-state index contributed by atoms with van der Waals surface area (Å²) in [5, 5.41) is 10.7. The van der Waals surface area contributed by atoms with Crippen molar-refractivity contribution in [2.24, 2.45) is 59.3 Å². The number of rotatable bonds is 6. The third-order valence-electron chi connectivity index (χ3n) is 13.2. The molecular weight excluding hydrogens is 534 g/mol. The number of fused-ring (bicyclic) bond motifs is 5. The molecule has 1 aromatic carbocycles. The van der Waals surface area contributed by atoms with E-state index in [1.54, 1.807) is 11.7 Å². The summed E-state index contributed by atoms with van der Waals surface area (Å²) >= 11 is 0. The lowest BCUT2D eigenvalue weighted by atomic mass is 9.43. The Morgan fingerprint density at radius 1 is 0.884 bits per heavy atom. The molecule has 10 atom stereocenters. The first-order chi connectivity index (χ1) is 20.4. The average molecular weight is 588 g/mol. The highest BCUT2D eigenvalue weighted by Crippen LogP contribution is 2.70. The summed E-state index contributed by atoms with van der Waals surface area (Å²) in [6, 6.07) is 9.37. The predicted molar refractivity (Wildman–Crippen MR) is 173 cm³/mol. The van der Waals surface area contributed by atoms with Crippen LogP contribution in [0.4, 0.5) is 0 Å². The summed E-state index contributed by atoms with van der Waals surface area (Å²) in [5.74, 6) is 2.84. The van der Waals surface area contributed by atoms with Gasteiger partial charge in [0.15, 0.2) is 0 Å². The lowest BCUT2D eigenvalue weighted by Gasteiger charge is -2.64. The number of hydrogen-bond donors (Lipinski definition) is 1. The number of aliphatic hydroxyl groups excluding tert-OH is 1. The van der Waals surface area contributed by atoms with E-state index < -0.39 is 5.54 Å². The van der Waals surface area contributed by atoms with E-state index in [2.05, 4.69) is 65.8 Å². The molecule has 1 N–H and O–H groups in total. The van der Waals surface area contributed by atoms with E-state index in [0.29, 0.717) is 29.4 Å². The standard InChI is InChI=1S/C37H53N3O3/c1-24(2)25(3)13-14-26(4)30-15-16-31-36(30,6)21-19-32-35(5)20-18-29(41)23-27(35)17-22-37(31,32)40-34(43)39(33(42)38(40)7)28-11-9-8-10-12-28/h8-14,17,22,24-27,29-32,41H,15-16,18-21,23H2,1-7H3/b14-13+/t25-,26+,27?,29-,30?,31+,32+,35-,36+,37-/m0/s1. The second-order valence-electron chi connectivity index (χ2n) is 15.5. The van der Waals surface area contributed by atoms with E-state index in [0.717, 1.165) is 44.9 Å². The molecule has 6 heteroatoms. The molecule has 2 unspecified atom stereocenters. The molecule has 1 heterocycles. The van der Waals surface area contributed by atoms with E-state index in [-0.39, 0.29) is 46.1 Å². The molecule has 0 aliphatic heterocycles. The minimum atomic E-state index is -0.602. The van der Waals surface area contributed by atoms with Gasteiger partial charge in [-0.15, -0.1) is 0 Å². The van der Waals surface area contributed by atoms with Crippen molar-refractivity contribution < 1.29 is 5.11 Å². The van der Waals surface area contributed by atoms with Gasteiger partial charge in [0.25, 0.3) is 0 Å². The van der Waals surface area contributed by atoms with Gasteiger partial charge in [0.2, 0.25) is 0 Å². The molecule has 4 aliphatic carbocycles. The van der Waals surface area contributed by atoms with Gasteiger partial charge >= 0.3 is 11.4 Å². The molecule has 4 aliphatic rings. The molecule has 0 bridgehead atoms. The van der Waals surface area contributed by atoms with Crippen LogP contribution in [0.1, 0.15) is 86.5 Å². The molecule has 0 radical (unpaired) electrons. The van der Waals surface area contributed by atoms with Crippen LogP contribution in [0.2, 0.25) is 0 Å². The van der Waals surface area contributed by atoms with Crippen LogP contribution in [0.3, 0.4) is 0 Å². The molecule has 0 saturated heterocycles. The second-order valence-corrected chi connectivity index (χ2v) is 15.5. The molecule has 1 aromatic heterocycles. The topological polar surface area (TPSA) is 69.2 Å². The third kappa shape index (κ3) is 4.44. The monoisotopic (exact) mass is 587 g/mol. The number of aliphatic hydroxyl groups is 1. The van der Waals surface area contributed by atoms with Crippen LogP contribution in [0.15, 0.2) is 64.2 Å². The van der Waals surface area contributed by atoms with Gasteiger partial charge in [-0.25, -0.2) is 23.5 Å². The van der Waals surface area contributed by atoms with Gasteiger partial charge in [-0.2, -0.15) is 0 Å². The van der Waals surface area contributed by atoms with Crippen molar-refractivity contribution >= 4 is 0 Å². The molecule has 2 aromatic rings. The van der Waals surface area contributed by atoms with Gasteiger partial charge in [0.1, 0.15) is 0 Å². The quantitative estimate of drug-likeness (QED) is 0.383. The number of allylic oxidation sites excluding steroid dienone is 4. The van der Waals surface area contributed by atoms with Crippen LogP contribution < -0.4 is 11.4 Å². The zero-order chi connectivity index (χ0) is 30.9. The zero-order valence-electron chi connectivity index (χ0n) is 27.4. The molecule has 3 saturated carbocycles. The van der Waals surface area contributed by atoms with Crippen molar-refractivity contribution in [2.45, 2.75) is 98.1 Å². The van der Waals surface area contributed by atoms with Crippen LogP contribution in [-0.4, -0.2) is 25.1 Å². The molecule has 6 nitrogen and oxygen atoms in total. The van der Waals surface area contributed by atoms with Crippen molar-refractivity contribution in [1.82, 2.24) is 13.9 Å². The van der Waals surface area contributed by atoms with Crippen molar-refractivity contribution in [2.75, 3.05) is 0 Å². The Balaban J connectivity index is 1.53. The fraction of sp³-hybridized carbons (Fsp3) is 0.676. The molecule has 0 spiro atoms.